The molecule has 0 bridgehead atoms. The molecule has 82 valence electrons. The number of hydrogen-bond acceptors (Lipinski definition) is 2. The van der Waals surface area contributed by atoms with Crippen LogP contribution in [0.1, 0.15) is 20.8 Å². The molecule has 5 heteroatoms. The monoisotopic (exact) mass is 338 g/mol. The van der Waals surface area contributed by atoms with Crippen molar-refractivity contribution in [1.82, 2.24) is 4.98 Å². The first-order valence-electron chi connectivity index (χ1n) is 4.44. The molecule has 1 heterocycles. The van der Waals surface area contributed by atoms with Crippen molar-refractivity contribution in [3.05, 3.63) is 21.0 Å². The quantitative estimate of drug-likeness (QED) is 0.630. The van der Waals surface area contributed by atoms with Crippen LogP contribution in [0.4, 0.5) is 5.69 Å². The molecule has 0 aliphatic heterocycles. The summed E-state index contributed by atoms with van der Waals surface area (Å²) in [6.45, 7) is 5.54. The molecule has 1 amide bonds. The lowest BCUT2D eigenvalue weighted by Gasteiger charge is -2.18. The molecule has 1 rings (SSSR count). The van der Waals surface area contributed by atoms with E-state index < -0.39 is 5.41 Å². The SMILES string of the molecule is CC(C)(C)C(=O)Nc1c(I)ccnc1Cl. The lowest BCUT2D eigenvalue weighted by atomic mass is 9.96. The van der Waals surface area contributed by atoms with Crippen LogP contribution in [0.25, 0.3) is 0 Å². The van der Waals surface area contributed by atoms with E-state index in [1.54, 1.807) is 12.3 Å². The number of hydrogen-bond donors (Lipinski definition) is 1. The molecule has 1 aromatic rings. The van der Waals surface area contributed by atoms with Gasteiger partial charge < -0.3 is 5.32 Å². The Hall–Kier alpha value is -0.360. The van der Waals surface area contributed by atoms with E-state index in [9.17, 15) is 4.79 Å². The van der Waals surface area contributed by atoms with Gasteiger partial charge in [-0.2, -0.15) is 0 Å². The smallest absolute Gasteiger partial charge is 0.229 e. The highest BCUT2D eigenvalue weighted by Gasteiger charge is 2.22. The number of amides is 1. The van der Waals surface area contributed by atoms with Gasteiger partial charge in [0.05, 0.1) is 5.69 Å². The van der Waals surface area contributed by atoms with Gasteiger partial charge in [0.2, 0.25) is 5.91 Å². The van der Waals surface area contributed by atoms with Crippen molar-refractivity contribution < 1.29 is 4.79 Å². The highest BCUT2D eigenvalue weighted by Crippen LogP contribution is 2.27. The normalized spacial score (nSPS) is 11.3. The molecule has 0 spiro atoms. The summed E-state index contributed by atoms with van der Waals surface area (Å²) in [5.74, 6) is -0.0738. The largest absolute Gasteiger partial charge is 0.322 e. The van der Waals surface area contributed by atoms with Gasteiger partial charge in [0, 0.05) is 15.2 Å². The van der Waals surface area contributed by atoms with Crippen molar-refractivity contribution in [1.29, 1.82) is 0 Å². The molecule has 15 heavy (non-hydrogen) atoms. The Morgan fingerprint density at radius 1 is 1.53 bits per heavy atom. The van der Waals surface area contributed by atoms with Crippen LogP contribution in [-0.4, -0.2) is 10.9 Å². The molecule has 0 atom stereocenters. The van der Waals surface area contributed by atoms with Crippen molar-refractivity contribution in [2.45, 2.75) is 20.8 Å². The first-order chi connectivity index (χ1) is 6.82. The van der Waals surface area contributed by atoms with Gasteiger partial charge in [0.25, 0.3) is 0 Å². The molecule has 0 unspecified atom stereocenters. The summed E-state index contributed by atoms with van der Waals surface area (Å²) in [6.07, 6.45) is 1.61. The molecular formula is C10H12ClIN2O. The fraction of sp³-hybridized carbons (Fsp3) is 0.400. The summed E-state index contributed by atoms with van der Waals surface area (Å²) in [7, 11) is 0. The molecule has 0 aliphatic carbocycles. The Balaban J connectivity index is 2.95. The topological polar surface area (TPSA) is 42.0 Å². The number of pyridine rings is 1. The lowest BCUT2D eigenvalue weighted by molar-refractivity contribution is -0.123. The van der Waals surface area contributed by atoms with Crippen molar-refractivity contribution in [3.63, 3.8) is 0 Å². The van der Waals surface area contributed by atoms with Gasteiger partial charge in [-0.3, -0.25) is 4.79 Å². The van der Waals surface area contributed by atoms with Crippen LogP contribution < -0.4 is 5.32 Å². The summed E-state index contributed by atoms with van der Waals surface area (Å²) < 4.78 is 0.880. The van der Waals surface area contributed by atoms with E-state index in [1.807, 2.05) is 20.8 Å². The van der Waals surface area contributed by atoms with Gasteiger partial charge >= 0.3 is 0 Å². The second-order valence-corrected chi connectivity index (χ2v) is 5.68. The predicted octanol–water partition coefficient (Wildman–Crippen LogP) is 3.32. The van der Waals surface area contributed by atoms with Crippen molar-refractivity contribution in [2.24, 2.45) is 5.41 Å². The number of aromatic nitrogens is 1. The third kappa shape index (κ3) is 3.31. The Morgan fingerprint density at radius 2 is 2.13 bits per heavy atom. The summed E-state index contributed by atoms with van der Waals surface area (Å²) in [4.78, 5) is 15.7. The zero-order valence-electron chi connectivity index (χ0n) is 8.77. The van der Waals surface area contributed by atoms with E-state index >= 15 is 0 Å². The Morgan fingerprint density at radius 3 is 2.60 bits per heavy atom. The number of anilines is 1. The van der Waals surface area contributed by atoms with Crippen molar-refractivity contribution in [3.8, 4) is 0 Å². The van der Waals surface area contributed by atoms with Crippen LogP contribution in [-0.2, 0) is 4.79 Å². The van der Waals surface area contributed by atoms with Crippen LogP contribution >= 0.6 is 34.2 Å². The van der Waals surface area contributed by atoms with E-state index in [1.165, 1.54) is 0 Å². The Labute approximate surface area is 108 Å². The molecule has 0 fully saturated rings. The first-order valence-corrected chi connectivity index (χ1v) is 5.89. The average Bonchev–Trinajstić information content (AvgIpc) is 2.09. The van der Waals surface area contributed by atoms with E-state index in [0.717, 1.165) is 3.57 Å². The molecule has 1 aromatic heterocycles. The number of carbonyl (C=O) groups excluding carboxylic acids is 1. The second kappa shape index (κ2) is 4.65. The fourth-order valence-corrected chi connectivity index (χ4v) is 1.74. The van der Waals surface area contributed by atoms with Crippen LogP contribution in [0.5, 0.6) is 0 Å². The van der Waals surface area contributed by atoms with Crippen LogP contribution in [0, 0.1) is 8.99 Å². The summed E-state index contributed by atoms with van der Waals surface area (Å²) in [5, 5.41) is 3.10. The number of halogens is 2. The molecule has 0 saturated heterocycles. The third-order valence-electron chi connectivity index (χ3n) is 1.77. The maximum Gasteiger partial charge on any atom is 0.229 e. The Bertz CT molecular complexity index is 367. The maximum atomic E-state index is 11.7. The lowest BCUT2D eigenvalue weighted by Crippen LogP contribution is -2.28. The molecular weight excluding hydrogens is 326 g/mol. The van der Waals surface area contributed by atoms with Gasteiger partial charge in [-0.25, -0.2) is 4.98 Å². The zero-order valence-corrected chi connectivity index (χ0v) is 11.7. The minimum atomic E-state index is -0.442. The third-order valence-corrected chi connectivity index (χ3v) is 2.96. The van der Waals surface area contributed by atoms with Gasteiger partial charge in [-0.15, -0.1) is 0 Å². The number of nitrogens with zero attached hydrogens (tertiary/aromatic N) is 1. The van der Waals surface area contributed by atoms with Gasteiger partial charge in [0.15, 0.2) is 5.15 Å². The van der Waals surface area contributed by atoms with E-state index in [4.69, 9.17) is 11.6 Å². The molecule has 3 nitrogen and oxygen atoms in total. The highest BCUT2D eigenvalue weighted by atomic mass is 127. The van der Waals surface area contributed by atoms with E-state index in [0.29, 0.717) is 10.8 Å². The molecule has 0 radical (unpaired) electrons. The predicted molar refractivity (Wildman–Crippen MR) is 70.0 cm³/mol. The van der Waals surface area contributed by atoms with E-state index in [-0.39, 0.29) is 5.91 Å². The highest BCUT2D eigenvalue weighted by molar-refractivity contribution is 14.1. The standard InChI is InChI=1S/C10H12ClIN2O/c1-10(2,3)9(15)14-7-6(12)4-5-13-8(7)11/h4-5H,1-3H3,(H,14,15). The van der Waals surface area contributed by atoms with Crippen molar-refractivity contribution in [2.75, 3.05) is 5.32 Å². The minimum absolute atomic E-state index is 0.0738. The van der Waals surface area contributed by atoms with E-state index in [2.05, 4.69) is 32.9 Å². The molecule has 0 aliphatic rings. The molecule has 0 saturated carbocycles. The van der Waals surface area contributed by atoms with Gasteiger partial charge in [-0.05, 0) is 28.7 Å². The zero-order chi connectivity index (χ0) is 11.6. The van der Waals surface area contributed by atoms with Crippen molar-refractivity contribution >= 4 is 45.8 Å². The summed E-state index contributed by atoms with van der Waals surface area (Å²) in [5.41, 5.74) is 0.141. The van der Waals surface area contributed by atoms with Gasteiger partial charge in [0.1, 0.15) is 0 Å². The summed E-state index contributed by atoms with van der Waals surface area (Å²) in [6, 6.07) is 1.80. The van der Waals surface area contributed by atoms with Crippen LogP contribution in [0.3, 0.4) is 0 Å². The van der Waals surface area contributed by atoms with Crippen LogP contribution in [0.15, 0.2) is 12.3 Å². The summed E-state index contributed by atoms with van der Waals surface area (Å²) >= 11 is 8.00. The molecule has 1 N–H and O–H groups in total. The second-order valence-electron chi connectivity index (χ2n) is 4.16. The minimum Gasteiger partial charge on any atom is -0.322 e. The average molecular weight is 339 g/mol. The van der Waals surface area contributed by atoms with Gasteiger partial charge in [-0.1, -0.05) is 32.4 Å². The number of carbonyl (C=O) groups is 1. The molecule has 0 aromatic carbocycles. The number of rotatable bonds is 1. The fourth-order valence-electron chi connectivity index (χ4n) is 0.827. The first kappa shape index (κ1) is 12.7. The number of nitrogens with one attached hydrogen (secondary N) is 1. The Kier molecular flexibility index (Phi) is 3.94. The maximum absolute atomic E-state index is 11.7. The van der Waals surface area contributed by atoms with Crippen LogP contribution in [0.2, 0.25) is 5.15 Å².